The van der Waals surface area contributed by atoms with Crippen molar-refractivity contribution in [3.05, 3.63) is 35.4 Å². The van der Waals surface area contributed by atoms with Crippen molar-refractivity contribution >= 4 is 29.9 Å². The highest BCUT2D eigenvalue weighted by Gasteiger charge is 2.30. The average molecular weight is 500 g/mol. The Morgan fingerprint density at radius 1 is 1.32 bits per heavy atom. The molecule has 6 heteroatoms. The summed E-state index contributed by atoms with van der Waals surface area (Å²) in [6.45, 7) is 13.4. The maximum absolute atomic E-state index is 5.53. The molecule has 1 atom stereocenters. The lowest BCUT2D eigenvalue weighted by Gasteiger charge is -2.41. The molecule has 28 heavy (non-hydrogen) atoms. The monoisotopic (exact) mass is 500 g/mol. The number of halogens is 1. The summed E-state index contributed by atoms with van der Waals surface area (Å²) in [7, 11) is 2.14. The van der Waals surface area contributed by atoms with E-state index in [1.54, 1.807) is 0 Å². The second kappa shape index (κ2) is 10.8. The molecule has 0 aromatic heterocycles. The van der Waals surface area contributed by atoms with Crippen LogP contribution in [0.15, 0.2) is 29.3 Å². The van der Waals surface area contributed by atoms with Crippen molar-refractivity contribution in [2.45, 2.75) is 45.7 Å². The van der Waals surface area contributed by atoms with E-state index in [0.29, 0.717) is 5.92 Å². The van der Waals surface area contributed by atoms with Crippen molar-refractivity contribution in [2.75, 3.05) is 46.4 Å². The fourth-order valence-corrected chi connectivity index (χ4v) is 4.05. The third-order valence-corrected chi connectivity index (χ3v) is 5.85. The number of hydrogen-bond acceptors (Lipinski definition) is 3. The van der Waals surface area contributed by atoms with Gasteiger partial charge in [0, 0.05) is 51.3 Å². The third-order valence-electron chi connectivity index (χ3n) is 5.85. The van der Waals surface area contributed by atoms with E-state index in [-0.39, 0.29) is 29.5 Å². The van der Waals surface area contributed by atoms with Crippen molar-refractivity contribution in [1.29, 1.82) is 0 Å². The Morgan fingerprint density at radius 2 is 2.07 bits per heavy atom. The van der Waals surface area contributed by atoms with Gasteiger partial charge in [0.25, 0.3) is 0 Å². The van der Waals surface area contributed by atoms with Crippen LogP contribution in [0, 0.1) is 5.92 Å². The van der Waals surface area contributed by atoms with Gasteiger partial charge >= 0.3 is 0 Å². The zero-order valence-electron chi connectivity index (χ0n) is 17.9. The molecule has 2 heterocycles. The number of rotatable bonds is 6. The van der Waals surface area contributed by atoms with Gasteiger partial charge in [0.15, 0.2) is 5.96 Å². The number of aliphatic imine (C=N–C) groups is 1. The minimum absolute atomic E-state index is 0. The van der Waals surface area contributed by atoms with Crippen LogP contribution >= 0.6 is 24.0 Å². The van der Waals surface area contributed by atoms with Gasteiger partial charge in [-0.2, -0.15) is 0 Å². The van der Waals surface area contributed by atoms with Crippen molar-refractivity contribution in [2.24, 2.45) is 10.9 Å². The maximum Gasteiger partial charge on any atom is 0.193 e. The van der Waals surface area contributed by atoms with Crippen LogP contribution in [0.25, 0.3) is 0 Å². The molecule has 2 aliphatic heterocycles. The normalized spacial score (nSPS) is 20.4. The van der Waals surface area contributed by atoms with Gasteiger partial charge in [-0.05, 0) is 44.7 Å². The van der Waals surface area contributed by atoms with Gasteiger partial charge in [0.05, 0.1) is 13.2 Å². The summed E-state index contributed by atoms with van der Waals surface area (Å²) in [5.74, 6) is 1.63. The average Bonchev–Trinajstić information content (AvgIpc) is 3.17. The number of guanidine groups is 1. The first-order valence-corrected chi connectivity index (χ1v) is 10.4. The summed E-state index contributed by atoms with van der Waals surface area (Å²) in [6, 6.07) is 8.83. The largest absolute Gasteiger partial charge is 0.381 e. The SMILES string of the molecule is CCNC(=NCC(C)(C)N1CCc2ccccc2C1)N(C)CC1CCOC1.I. The summed E-state index contributed by atoms with van der Waals surface area (Å²) < 4.78 is 5.53. The summed E-state index contributed by atoms with van der Waals surface area (Å²) in [4.78, 5) is 9.85. The van der Waals surface area contributed by atoms with E-state index in [9.17, 15) is 0 Å². The summed E-state index contributed by atoms with van der Waals surface area (Å²) in [5, 5.41) is 3.46. The molecule has 0 amide bonds. The first-order valence-electron chi connectivity index (χ1n) is 10.4. The van der Waals surface area contributed by atoms with Gasteiger partial charge in [-0.1, -0.05) is 24.3 Å². The van der Waals surface area contributed by atoms with Gasteiger partial charge in [-0.3, -0.25) is 9.89 Å². The summed E-state index contributed by atoms with van der Waals surface area (Å²) in [6.07, 6.45) is 2.29. The lowest BCUT2D eigenvalue weighted by atomic mass is 9.94. The molecule has 0 radical (unpaired) electrons. The van der Waals surface area contributed by atoms with E-state index in [0.717, 1.165) is 64.7 Å². The van der Waals surface area contributed by atoms with Crippen molar-refractivity contribution in [3.8, 4) is 0 Å². The van der Waals surface area contributed by atoms with Gasteiger partial charge in [0.1, 0.15) is 0 Å². The Balaban J connectivity index is 0.00000280. The number of fused-ring (bicyclic) bond motifs is 1. The highest BCUT2D eigenvalue weighted by molar-refractivity contribution is 14.0. The molecule has 2 aliphatic rings. The van der Waals surface area contributed by atoms with E-state index in [4.69, 9.17) is 9.73 Å². The van der Waals surface area contributed by atoms with Crippen LogP contribution in [0.2, 0.25) is 0 Å². The molecule has 5 nitrogen and oxygen atoms in total. The Kier molecular flexibility index (Phi) is 9.02. The zero-order chi connectivity index (χ0) is 19.3. The Morgan fingerprint density at radius 3 is 2.75 bits per heavy atom. The maximum atomic E-state index is 5.53. The van der Waals surface area contributed by atoms with Crippen LogP contribution in [0.1, 0.15) is 38.3 Å². The molecular formula is C22H37IN4O. The molecule has 1 N–H and O–H groups in total. The molecule has 158 valence electrons. The van der Waals surface area contributed by atoms with Gasteiger partial charge in [0.2, 0.25) is 0 Å². The second-order valence-electron chi connectivity index (χ2n) is 8.53. The second-order valence-corrected chi connectivity index (χ2v) is 8.53. The summed E-state index contributed by atoms with van der Waals surface area (Å²) >= 11 is 0. The summed E-state index contributed by atoms with van der Waals surface area (Å²) in [5.41, 5.74) is 3.00. The highest BCUT2D eigenvalue weighted by atomic mass is 127. The fraction of sp³-hybridized carbons (Fsp3) is 0.682. The van der Waals surface area contributed by atoms with Crippen LogP contribution in [0.4, 0.5) is 0 Å². The first-order chi connectivity index (χ1) is 13.0. The Hall–Kier alpha value is -0.860. The van der Waals surface area contributed by atoms with Crippen molar-refractivity contribution in [3.63, 3.8) is 0 Å². The number of nitrogens with zero attached hydrogens (tertiary/aromatic N) is 3. The molecule has 0 aliphatic carbocycles. The standard InChI is InChI=1S/C22H36N4O.HI/c1-5-23-21(25(4)14-18-11-13-27-16-18)24-17-22(2,3)26-12-10-19-8-6-7-9-20(19)15-26;/h6-9,18H,5,10-17H2,1-4H3,(H,23,24);1H. The highest BCUT2D eigenvalue weighted by Crippen LogP contribution is 2.25. The van der Waals surface area contributed by atoms with Gasteiger partial charge < -0.3 is 15.0 Å². The molecule has 0 spiro atoms. The van der Waals surface area contributed by atoms with Gasteiger partial charge in [-0.25, -0.2) is 0 Å². The topological polar surface area (TPSA) is 40.1 Å². The molecule has 1 aromatic rings. The number of nitrogens with one attached hydrogen (secondary N) is 1. The molecule has 1 saturated heterocycles. The Labute approximate surface area is 187 Å². The molecule has 1 fully saturated rings. The van der Waals surface area contributed by atoms with E-state index >= 15 is 0 Å². The van der Waals surface area contributed by atoms with Crippen LogP contribution in [0.3, 0.4) is 0 Å². The molecule has 3 rings (SSSR count). The molecule has 0 saturated carbocycles. The number of benzene rings is 1. The number of ether oxygens (including phenoxy) is 1. The predicted molar refractivity (Wildman–Crippen MR) is 128 cm³/mol. The van der Waals surface area contributed by atoms with Crippen LogP contribution < -0.4 is 5.32 Å². The molecule has 0 bridgehead atoms. The van der Waals surface area contributed by atoms with Crippen molar-refractivity contribution < 1.29 is 4.74 Å². The molecule has 1 unspecified atom stereocenters. The van der Waals surface area contributed by atoms with E-state index in [1.807, 2.05) is 0 Å². The quantitative estimate of drug-likeness (QED) is 0.370. The fourth-order valence-electron chi connectivity index (χ4n) is 4.05. The first kappa shape index (κ1) is 23.4. The number of hydrogen-bond donors (Lipinski definition) is 1. The minimum atomic E-state index is 0. The predicted octanol–water partition coefficient (Wildman–Crippen LogP) is 3.38. The van der Waals surface area contributed by atoms with Crippen LogP contribution in [0.5, 0.6) is 0 Å². The van der Waals surface area contributed by atoms with E-state index in [1.165, 1.54) is 11.1 Å². The smallest absolute Gasteiger partial charge is 0.193 e. The Bertz CT molecular complexity index is 643. The molecular weight excluding hydrogens is 463 g/mol. The van der Waals surface area contributed by atoms with Crippen LogP contribution in [-0.4, -0.2) is 67.7 Å². The molecule has 1 aromatic carbocycles. The lowest BCUT2D eigenvalue weighted by Crippen LogP contribution is -2.49. The van der Waals surface area contributed by atoms with Crippen molar-refractivity contribution in [1.82, 2.24) is 15.1 Å². The zero-order valence-corrected chi connectivity index (χ0v) is 20.2. The minimum Gasteiger partial charge on any atom is -0.381 e. The van der Waals surface area contributed by atoms with Crippen LogP contribution in [-0.2, 0) is 17.7 Å². The lowest BCUT2D eigenvalue weighted by molar-refractivity contribution is 0.111. The van der Waals surface area contributed by atoms with Gasteiger partial charge in [-0.15, -0.1) is 24.0 Å². The van der Waals surface area contributed by atoms with E-state index in [2.05, 4.69) is 67.2 Å². The van der Waals surface area contributed by atoms with E-state index < -0.39 is 0 Å². The third kappa shape index (κ3) is 6.07.